The van der Waals surface area contributed by atoms with E-state index in [1.165, 1.54) is 0 Å². The smallest absolute Gasteiger partial charge is 0.283 e. The van der Waals surface area contributed by atoms with Crippen molar-refractivity contribution in [3.8, 4) is 0 Å². The van der Waals surface area contributed by atoms with Crippen molar-refractivity contribution in [2.45, 2.75) is 38.8 Å². The van der Waals surface area contributed by atoms with Gasteiger partial charge in [-0.2, -0.15) is 0 Å². The Labute approximate surface area is 134 Å². The normalized spacial score (nSPS) is 16.3. The average Bonchev–Trinajstić information content (AvgIpc) is 2.49. The molecule has 1 N–H and O–H groups in total. The molecule has 6 heteroatoms. The van der Waals surface area contributed by atoms with E-state index >= 15 is 0 Å². The molecule has 1 aliphatic heterocycles. The predicted octanol–water partition coefficient (Wildman–Crippen LogP) is 3.32. The second-order valence-corrected chi connectivity index (χ2v) is 6.25. The van der Waals surface area contributed by atoms with E-state index in [1.807, 2.05) is 6.07 Å². The van der Waals surface area contributed by atoms with E-state index in [-0.39, 0.29) is 10.6 Å². The first-order valence-electron chi connectivity index (χ1n) is 7.50. The quantitative estimate of drug-likeness (QED) is 0.628. The lowest BCUT2D eigenvalue weighted by molar-refractivity contribution is -0.385. The summed E-state index contributed by atoms with van der Waals surface area (Å²) in [5.41, 5.74) is 1.14. The molecule has 0 aromatic heterocycles. The Morgan fingerprint density at radius 3 is 2.76 bits per heavy atom. The van der Waals surface area contributed by atoms with Gasteiger partial charge in [-0.3, -0.25) is 15.0 Å². The number of piperidine rings is 1. The molecular formula is C15H22BrN3O2. The SMILES string of the molecule is CCCN(Cc1cccc([N+](=O)[O-])c1Br)C1CCNCC1. The van der Waals surface area contributed by atoms with Gasteiger partial charge in [-0.25, -0.2) is 0 Å². The highest BCUT2D eigenvalue weighted by Crippen LogP contribution is 2.30. The fourth-order valence-corrected chi connectivity index (χ4v) is 3.43. The van der Waals surface area contributed by atoms with Crippen molar-refractivity contribution in [2.24, 2.45) is 0 Å². The zero-order valence-corrected chi connectivity index (χ0v) is 13.9. The van der Waals surface area contributed by atoms with E-state index in [0.29, 0.717) is 10.5 Å². The summed E-state index contributed by atoms with van der Waals surface area (Å²) in [6.07, 6.45) is 3.38. The summed E-state index contributed by atoms with van der Waals surface area (Å²) < 4.78 is 0.616. The van der Waals surface area contributed by atoms with E-state index in [0.717, 1.165) is 51.0 Å². The maximum atomic E-state index is 11.0. The van der Waals surface area contributed by atoms with Crippen molar-refractivity contribution in [1.82, 2.24) is 10.2 Å². The summed E-state index contributed by atoms with van der Waals surface area (Å²) in [4.78, 5) is 13.2. The predicted molar refractivity (Wildman–Crippen MR) is 87.4 cm³/mol. The molecular weight excluding hydrogens is 334 g/mol. The third-order valence-corrected chi connectivity index (χ3v) is 4.88. The Kier molecular flexibility index (Phi) is 6.14. The zero-order valence-electron chi connectivity index (χ0n) is 12.3. The van der Waals surface area contributed by atoms with E-state index in [4.69, 9.17) is 0 Å². The highest BCUT2D eigenvalue weighted by molar-refractivity contribution is 9.10. The van der Waals surface area contributed by atoms with Crippen molar-refractivity contribution in [3.05, 3.63) is 38.3 Å². The fraction of sp³-hybridized carbons (Fsp3) is 0.600. The fourth-order valence-electron chi connectivity index (χ4n) is 2.90. The molecule has 0 bridgehead atoms. The van der Waals surface area contributed by atoms with Crippen LogP contribution < -0.4 is 5.32 Å². The number of halogens is 1. The number of benzene rings is 1. The van der Waals surface area contributed by atoms with Crippen LogP contribution in [0.1, 0.15) is 31.7 Å². The molecule has 0 radical (unpaired) electrons. The third-order valence-electron chi connectivity index (χ3n) is 3.96. The average molecular weight is 356 g/mol. The summed E-state index contributed by atoms with van der Waals surface area (Å²) in [6, 6.07) is 5.85. The minimum Gasteiger partial charge on any atom is -0.317 e. The largest absolute Gasteiger partial charge is 0.317 e. The number of nitrogens with zero attached hydrogens (tertiary/aromatic N) is 2. The molecule has 1 aromatic rings. The second kappa shape index (κ2) is 7.87. The van der Waals surface area contributed by atoms with Gasteiger partial charge in [-0.1, -0.05) is 19.1 Å². The molecule has 1 fully saturated rings. The summed E-state index contributed by atoms with van der Waals surface area (Å²) in [6.45, 7) is 6.08. The van der Waals surface area contributed by atoms with Crippen LogP contribution in [0.3, 0.4) is 0 Å². The first-order valence-corrected chi connectivity index (χ1v) is 8.29. The van der Waals surface area contributed by atoms with E-state index in [2.05, 4.69) is 33.1 Å². The number of hydrogen-bond acceptors (Lipinski definition) is 4. The molecule has 1 aromatic carbocycles. The number of nitro groups is 1. The third kappa shape index (κ3) is 4.25. The topological polar surface area (TPSA) is 58.4 Å². The van der Waals surface area contributed by atoms with Crippen LogP contribution >= 0.6 is 15.9 Å². The molecule has 0 saturated carbocycles. The lowest BCUT2D eigenvalue weighted by atomic mass is 10.0. The van der Waals surface area contributed by atoms with Crippen LogP contribution in [0.25, 0.3) is 0 Å². The minimum absolute atomic E-state index is 0.147. The molecule has 0 aliphatic carbocycles. The van der Waals surface area contributed by atoms with E-state index < -0.39 is 0 Å². The van der Waals surface area contributed by atoms with Crippen LogP contribution in [-0.2, 0) is 6.54 Å². The van der Waals surface area contributed by atoms with Crippen LogP contribution in [0.2, 0.25) is 0 Å². The minimum atomic E-state index is -0.331. The van der Waals surface area contributed by atoms with Crippen molar-refractivity contribution in [3.63, 3.8) is 0 Å². The first kappa shape index (κ1) is 16.4. The molecule has 5 nitrogen and oxygen atoms in total. The summed E-state index contributed by atoms with van der Waals surface area (Å²) in [5, 5.41) is 14.4. The molecule has 0 unspecified atom stereocenters. The Morgan fingerprint density at radius 2 is 2.14 bits per heavy atom. The van der Waals surface area contributed by atoms with E-state index in [1.54, 1.807) is 12.1 Å². The lowest BCUT2D eigenvalue weighted by Crippen LogP contribution is -2.43. The number of rotatable bonds is 6. The Hall–Kier alpha value is -0.980. The molecule has 0 atom stereocenters. The Morgan fingerprint density at radius 1 is 1.43 bits per heavy atom. The lowest BCUT2D eigenvalue weighted by Gasteiger charge is -2.34. The number of nitrogens with one attached hydrogen (secondary N) is 1. The van der Waals surface area contributed by atoms with Gasteiger partial charge in [0.25, 0.3) is 5.69 Å². The number of hydrogen-bond donors (Lipinski definition) is 1. The molecule has 2 rings (SSSR count). The van der Waals surface area contributed by atoms with Crippen molar-refractivity contribution in [2.75, 3.05) is 19.6 Å². The molecule has 0 spiro atoms. The Bertz CT molecular complexity index is 490. The molecule has 0 amide bonds. The van der Waals surface area contributed by atoms with Crippen molar-refractivity contribution >= 4 is 21.6 Å². The van der Waals surface area contributed by atoms with Gasteiger partial charge in [0.05, 0.1) is 9.40 Å². The molecule has 1 saturated heterocycles. The maximum Gasteiger partial charge on any atom is 0.283 e. The highest BCUT2D eigenvalue weighted by atomic mass is 79.9. The molecule has 1 aliphatic rings. The monoisotopic (exact) mass is 355 g/mol. The van der Waals surface area contributed by atoms with Crippen LogP contribution in [0.5, 0.6) is 0 Å². The van der Waals surface area contributed by atoms with Gasteiger partial charge in [0.15, 0.2) is 0 Å². The van der Waals surface area contributed by atoms with Crippen molar-refractivity contribution < 1.29 is 4.92 Å². The molecule has 1 heterocycles. The van der Waals surface area contributed by atoms with Crippen LogP contribution in [0.4, 0.5) is 5.69 Å². The van der Waals surface area contributed by atoms with E-state index in [9.17, 15) is 10.1 Å². The first-order chi connectivity index (χ1) is 10.1. The van der Waals surface area contributed by atoms with Crippen molar-refractivity contribution in [1.29, 1.82) is 0 Å². The van der Waals surface area contributed by atoms with Gasteiger partial charge >= 0.3 is 0 Å². The van der Waals surface area contributed by atoms with Crippen LogP contribution in [-0.4, -0.2) is 35.5 Å². The van der Waals surface area contributed by atoms with Gasteiger partial charge in [0.1, 0.15) is 0 Å². The maximum absolute atomic E-state index is 11.0. The van der Waals surface area contributed by atoms with Gasteiger partial charge in [-0.05, 0) is 60.4 Å². The van der Waals surface area contributed by atoms with Gasteiger partial charge in [0.2, 0.25) is 0 Å². The van der Waals surface area contributed by atoms with Gasteiger partial charge < -0.3 is 5.32 Å². The van der Waals surface area contributed by atoms with Crippen LogP contribution in [0, 0.1) is 10.1 Å². The zero-order chi connectivity index (χ0) is 15.2. The number of nitro benzene ring substituents is 1. The summed E-state index contributed by atoms with van der Waals surface area (Å²) in [7, 11) is 0. The van der Waals surface area contributed by atoms with Gasteiger partial charge in [0, 0.05) is 18.7 Å². The second-order valence-electron chi connectivity index (χ2n) is 5.46. The highest BCUT2D eigenvalue weighted by Gasteiger charge is 2.23. The standard InChI is InChI=1S/C15H22BrN3O2/c1-2-10-18(13-6-8-17-9-7-13)11-12-4-3-5-14(15(12)16)19(20)21/h3-5,13,17H,2,6-11H2,1H3. The molecule has 21 heavy (non-hydrogen) atoms. The van der Waals surface area contributed by atoms with Gasteiger partial charge in [-0.15, -0.1) is 0 Å². The summed E-state index contributed by atoms with van der Waals surface area (Å²) >= 11 is 3.40. The molecule has 116 valence electrons. The summed E-state index contributed by atoms with van der Waals surface area (Å²) in [5.74, 6) is 0. The Balaban J connectivity index is 2.16. The van der Waals surface area contributed by atoms with Crippen LogP contribution in [0.15, 0.2) is 22.7 Å².